The van der Waals surface area contributed by atoms with Crippen molar-refractivity contribution in [2.24, 2.45) is 10.9 Å². The van der Waals surface area contributed by atoms with Crippen LogP contribution in [-0.2, 0) is 7.87 Å². The van der Waals surface area contributed by atoms with Crippen molar-refractivity contribution in [1.29, 1.82) is 0 Å². The van der Waals surface area contributed by atoms with Crippen LogP contribution >= 0.6 is 11.3 Å². The van der Waals surface area contributed by atoms with Crippen LogP contribution in [0.4, 0.5) is 0 Å². The van der Waals surface area contributed by atoms with Crippen molar-refractivity contribution in [1.82, 2.24) is 0 Å². The van der Waals surface area contributed by atoms with E-state index >= 15 is 0 Å². The van der Waals surface area contributed by atoms with E-state index in [2.05, 4.69) is 46.1 Å². The summed E-state index contributed by atoms with van der Waals surface area (Å²) >= 11 is -1.28. The van der Waals surface area contributed by atoms with Gasteiger partial charge in [0.2, 0.25) is 0 Å². The third-order valence-electron chi connectivity index (χ3n) is 5.36. The predicted molar refractivity (Wildman–Crippen MR) is 126 cm³/mol. The molecule has 0 saturated heterocycles. The van der Waals surface area contributed by atoms with Crippen LogP contribution in [0.5, 0.6) is 0 Å². The van der Waals surface area contributed by atoms with Gasteiger partial charge in [-0.3, -0.25) is 0 Å². The van der Waals surface area contributed by atoms with Crippen molar-refractivity contribution >= 4 is 41.8 Å². The second-order valence-corrected chi connectivity index (χ2v) is 20.9. The molecule has 1 aromatic rings. The molecule has 0 amide bonds. The summed E-state index contributed by atoms with van der Waals surface area (Å²) in [4.78, 5) is 19.3. The topological polar surface area (TPSA) is 38.7 Å². The molecule has 3 nitrogen and oxygen atoms in total. The van der Waals surface area contributed by atoms with Crippen LogP contribution in [0.1, 0.15) is 84.9 Å². The Kier molecular flexibility index (Phi) is 12.6. The van der Waals surface area contributed by atoms with Crippen molar-refractivity contribution in [2.75, 3.05) is 0 Å². The number of hydrogen-bond donors (Lipinski definition) is 0. The van der Waals surface area contributed by atoms with Gasteiger partial charge in [-0.2, -0.15) is 0 Å². The Labute approximate surface area is 181 Å². The fourth-order valence-electron chi connectivity index (χ4n) is 3.53. The molecule has 0 saturated carbocycles. The van der Waals surface area contributed by atoms with Crippen LogP contribution < -0.4 is 0 Å². The Morgan fingerprint density at radius 2 is 1.61 bits per heavy atom. The zero-order chi connectivity index (χ0) is 21.0. The maximum atomic E-state index is 13.3. The number of rotatable bonds is 14. The minimum absolute atomic E-state index is 0.0509. The van der Waals surface area contributed by atoms with Gasteiger partial charge >= 0.3 is 182 Å². The molecule has 0 aliphatic heterocycles. The fourth-order valence-corrected chi connectivity index (χ4v) is 17.3. The van der Waals surface area contributed by atoms with Gasteiger partial charge in [-0.05, 0) is 0 Å². The summed E-state index contributed by atoms with van der Waals surface area (Å²) in [6.07, 6.45) is 7.12. The van der Waals surface area contributed by atoms with E-state index in [9.17, 15) is 4.79 Å². The quantitative estimate of drug-likeness (QED) is 0.191. The van der Waals surface area contributed by atoms with Crippen molar-refractivity contribution < 1.29 is 7.87 Å². The predicted octanol–water partition coefficient (Wildman–Crippen LogP) is 7.47. The van der Waals surface area contributed by atoms with Gasteiger partial charge in [0.1, 0.15) is 0 Å². The zero-order valence-electron chi connectivity index (χ0n) is 18.9. The molecule has 1 atom stereocenters. The molecule has 1 heterocycles. The van der Waals surface area contributed by atoms with Crippen LogP contribution in [0.3, 0.4) is 0 Å². The molecule has 0 aromatic carbocycles. The van der Waals surface area contributed by atoms with E-state index in [4.69, 9.17) is 8.07 Å². The van der Waals surface area contributed by atoms with Crippen molar-refractivity contribution in [3.63, 3.8) is 0 Å². The molecule has 1 aromatic heterocycles. The van der Waals surface area contributed by atoms with Gasteiger partial charge in [0.25, 0.3) is 0 Å². The molecular weight excluding hydrogens is 473 g/mol. The average Bonchev–Trinajstić information content (AvgIpc) is 3.21. The van der Waals surface area contributed by atoms with Crippen molar-refractivity contribution in [3.8, 4) is 0 Å². The Hall–Kier alpha value is -0.361. The molecule has 0 N–H and O–H groups in total. The summed E-state index contributed by atoms with van der Waals surface area (Å²) in [5.74, 6) is 0.0972. The number of hydrogen-bond acceptors (Lipinski definition) is 4. The number of nitrogens with zero attached hydrogens (tertiary/aromatic N) is 1. The summed E-state index contributed by atoms with van der Waals surface area (Å²) in [6, 6.07) is 3.71. The van der Waals surface area contributed by atoms with Gasteiger partial charge < -0.3 is 0 Å². The maximum absolute atomic E-state index is 13.3. The fraction of sp³-hybridized carbons (Fsp3) is 0.739. The van der Waals surface area contributed by atoms with Crippen LogP contribution in [0.25, 0.3) is 0 Å². The summed E-state index contributed by atoms with van der Waals surface area (Å²) < 4.78 is 10.1. The normalized spacial score (nSPS) is 13.8. The molecule has 1 rings (SSSR count). The molecule has 160 valence electrons. The van der Waals surface area contributed by atoms with Crippen LogP contribution in [0.2, 0.25) is 13.3 Å². The molecule has 0 spiro atoms. The van der Waals surface area contributed by atoms with Gasteiger partial charge in [-0.25, -0.2) is 0 Å². The number of aliphatic imine (C=N–C) groups is 1. The molecular formula is C23H41NO2SSn. The Bertz CT molecular complexity index is 562. The van der Waals surface area contributed by atoms with Crippen LogP contribution in [0.15, 0.2) is 22.5 Å². The zero-order valence-corrected chi connectivity index (χ0v) is 22.6. The van der Waals surface area contributed by atoms with Gasteiger partial charge in [0.05, 0.1) is 0 Å². The summed E-state index contributed by atoms with van der Waals surface area (Å²) in [5.41, 5.74) is 0.946. The molecule has 0 fully saturated rings. The molecule has 0 aliphatic rings. The van der Waals surface area contributed by atoms with E-state index in [1.807, 2.05) is 13.0 Å². The third kappa shape index (κ3) is 8.56. The van der Waals surface area contributed by atoms with E-state index in [0.717, 1.165) is 10.6 Å². The van der Waals surface area contributed by atoms with E-state index in [1.54, 1.807) is 11.3 Å². The van der Waals surface area contributed by atoms with Crippen molar-refractivity contribution in [3.05, 3.63) is 22.4 Å². The van der Waals surface area contributed by atoms with E-state index in [-0.39, 0.29) is 17.9 Å². The standard InChI is InChI=1S/C11H15NO2S.3C4H9.Sn/c1-7(2)10(11(13)14)12-8(3)9-5-4-6-15-9;3*1-3-4-2;/h4-7,10H,1-3H3,(H,13,14);3*1,3-4H2,2H3;/q;;;;+1/p-1. The van der Waals surface area contributed by atoms with Gasteiger partial charge in [0, 0.05) is 0 Å². The molecule has 1 unspecified atom stereocenters. The molecule has 5 heteroatoms. The first-order valence-corrected chi connectivity index (χ1v) is 19.3. The van der Waals surface area contributed by atoms with Crippen molar-refractivity contribution in [2.45, 2.75) is 99.4 Å². The average molecular weight is 514 g/mol. The van der Waals surface area contributed by atoms with Crippen LogP contribution in [0, 0.1) is 5.92 Å². The monoisotopic (exact) mass is 515 g/mol. The Balaban J connectivity index is 3.06. The minimum atomic E-state index is -2.96. The molecule has 0 bridgehead atoms. The number of thiophene rings is 1. The first-order chi connectivity index (χ1) is 13.4. The second-order valence-electron chi connectivity index (χ2n) is 8.30. The number of carbonyl (C=O) groups excluding carboxylic acids is 1. The summed E-state index contributed by atoms with van der Waals surface area (Å²) in [6.45, 7) is 12.9. The second kappa shape index (κ2) is 13.8. The van der Waals surface area contributed by atoms with Gasteiger partial charge in [0.15, 0.2) is 0 Å². The van der Waals surface area contributed by atoms with Gasteiger partial charge in [-0.1, -0.05) is 0 Å². The third-order valence-corrected chi connectivity index (χ3v) is 19.0. The molecule has 28 heavy (non-hydrogen) atoms. The number of carbonyl (C=O) groups is 1. The van der Waals surface area contributed by atoms with E-state index in [1.165, 1.54) is 51.8 Å². The SMILES string of the molecule is CCC[CH2][Sn]([CH2]CCC)([CH2]CCC)[O]C(=O)C(N=C(C)c1cccs1)C(C)C. The summed E-state index contributed by atoms with van der Waals surface area (Å²) in [7, 11) is 0. The van der Waals surface area contributed by atoms with Gasteiger partial charge in [-0.15, -0.1) is 0 Å². The Morgan fingerprint density at radius 1 is 1.07 bits per heavy atom. The van der Waals surface area contributed by atoms with E-state index < -0.39 is 18.8 Å². The molecule has 0 radical (unpaired) electrons. The van der Waals surface area contributed by atoms with E-state index in [0.29, 0.717) is 0 Å². The first kappa shape index (κ1) is 25.7. The van der Waals surface area contributed by atoms with Crippen LogP contribution in [-0.4, -0.2) is 36.5 Å². The first-order valence-electron chi connectivity index (χ1n) is 11.2. The Morgan fingerprint density at radius 3 is 2.00 bits per heavy atom. The molecule has 0 aliphatic carbocycles. The number of unbranched alkanes of at least 4 members (excludes halogenated alkanes) is 3. The summed E-state index contributed by atoms with van der Waals surface area (Å²) in [5, 5.41) is 2.05.